The molecule has 1 amide bonds. The molecule has 3 atom stereocenters. The van der Waals surface area contributed by atoms with E-state index in [9.17, 15) is 27.2 Å². The van der Waals surface area contributed by atoms with Gasteiger partial charge in [-0.25, -0.2) is 17.6 Å². The number of carbonyl (C=O) groups excluding carboxylic acids is 1. The van der Waals surface area contributed by atoms with Crippen molar-refractivity contribution >= 4 is 16.8 Å². The Bertz CT molecular complexity index is 1060. The lowest BCUT2D eigenvalue weighted by molar-refractivity contribution is -0.116. The quantitative estimate of drug-likeness (QED) is 0.685. The summed E-state index contributed by atoms with van der Waals surface area (Å²) in [6.45, 7) is 1.49. The summed E-state index contributed by atoms with van der Waals surface area (Å²) >= 11 is 0. The third-order valence-electron chi connectivity index (χ3n) is 7.12. The number of aromatic nitrogens is 2. The number of nitrogens with two attached hydrogens (primary N) is 1. The Kier molecular flexibility index (Phi) is 5.34. The highest BCUT2D eigenvalue weighted by molar-refractivity contribution is 6.03. The van der Waals surface area contributed by atoms with Crippen molar-refractivity contribution in [2.45, 2.75) is 63.2 Å². The molecule has 3 N–H and O–H groups in total. The number of primary amides is 1. The summed E-state index contributed by atoms with van der Waals surface area (Å²) in [5, 5.41) is 0.0172. The molecule has 0 spiro atoms. The molecule has 5 nitrogen and oxygen atoms in total. The molecule has 168 valence electrons. The molecule has 0 aliphatic heterocycles. The molecule has 31 heavy (non-hydrogen) atoms. The third-order valence-corrected chi connectivity index (χ3v) is 7.12. The molecule has 2 aliphatic rings. The van der Waals surface area contributed by atoms with Crippen molar-refractivity contribution in [3.63, 3.8) is 0 Å². The van der Waals surface area contributed by atoms with Crippen molar-refractivity contribution in [3.8, 4) is 0 Å². The number of nitrogens with one attached hydrogen (secondary N) is 1. The van der Waals surface area contributed by atoms with Gasteiger partial charge in [-0.3, -0.25) is 14.6 Å². The molecule has 0 bridgehead atoms. The number of aromatic amines is 1. The number of fused-ring (bicyclic) bond motifs is 1. The van der Waals surface area contributed by atoms with Gasteiger partial charge < -0.3 is 10.7 Å². The molecule has 2 saturated carbocycles. The van der Waals surface area contributed by atoms with E-state index in [1.54, 1.807) is 0 Å². The number of alkyl halides is 4. The van der Waals surface area contributed by atoms with E-state index in [0.29, 0.717) is 11.2 Å². The zero-order valence-corrected chi connectivity index (χ0v) is 17.1. The first-order valence-electron chi connectivity index (χ1n) is 10.6. The second kappa shape index (κ2) is 7.60. The van der Waals surface area contributed by atoms with Crippen LogP contribution in [0.5, 0.6) is 0 Å². The molecule has 2 aliphatic carbocycles. The van der Waals surface area contributed by atoms with Crippen LogP contribution < -0.4 is 11.2 Å². The smallest absolute Gasteiger partial charge is 0.268 e. The predicted octanol–water partition coefficient (Wildman–Crippen LogP) is 4.61. The number of nitrogens with zero attached hydrogens (tertiary/aromatic N) is 1. The van der Waals surface area contributed by atoms with Gasteiger partial charge in [-0.1, -0.05) is 6.92 Å². The van der Waals surface area contributed by atoms with Gasteiger partial charge in [-0.05, 0) is 37.2 Å². The average molecular weight is 439 g/mol. The van der Waals surface area contributed by atoms with Gasteiger partial charge >= 0.3 is 0 Å². The Hall–Kier alpha value is -2.45. The Balaban J connectivity index is 1.76. The summed E-state index contributed by atoms with van der Waals surface area (Å²) in [5.74, 6) is -8.38. The van der Waals surface area contributed by atoms with Crippen LogP contribution in [0.3, 0.4) is 0 Å². The van der Waals surface area contributed by atoms with Gasteiger partial charge in [0.15, 0.2) is 5.43 Å². The summed E-state index contributed by atoms with van der Waals surface area (Å²) in [6.07, 6.45) is 1.14. The molecule has 0 unspecified atom stereocenters. The molecule has 9 heteroatoms. The summed E-state index contributed by atoms with van der Waals surface area (Å²) in [7, 11) is 0. The normalized spacial score (nSPS) is 28.5. The van der Waals surface area contributed by atoms with Crippen molar-refractivity contribution in [3.05, 3.63) is 39.9 Å². The van der Waals surface area contributed by atoms with E-state index in [1.165, 1.54) is 25.3 Å². The zero-order valence-electron chi connectivity index (χ0n) is 17.1. The summed E-state index contributed by atoms with van der Waals surface area (Å²) in [4.78, 5) is 31.3. The van der Waals surface area contributed by atoms with Crippen LogP contribution in [0.15, 0.2) is 23.1 Å². The number of rotatable bonds is 3. The van der Waals surface area contributed by atoms with Crippen LogP contribution in [-0.2, 0) is 0 Å². The Morgan fingerprint density at radius 1 is 1.23 bits per heavy atom. The van der Waals surface area contributed by atoms with Gasteiger partial charge in [-0.15, -0.1) is 0 Å². The number of H-pyrrole nitrogens is 1. The van der Waals surface area contributed by atoms with Gasteiger partial charge in [0.1, 0.15) is 5.69 Å². The number of pyridine rings is 2. The van der Waals surface area contributed by atoms with E-state index >= 15 is 0 Å². The first kappa shape index (κ1) is 21.8. The molecular formula is C22H25F4N3O2. The lowest BCUT2D eigenvalue weighted by atomic mass is 9.63. The summed E-state index contributed by atoms with van der Waals surface area (Å²) < 4.78 is 56.8. The van der Waals surface area contributed by atoms with E-state index in [2.05, 4.69) is 9.97 Å². The van der Waals surface area contributed by atoms with Crippen molar-refractivity contribution in [1.82, 2.24) is 9.97 Å². The third kappa shape index (κ3) is 4.06. The Morgan fingerprint density at radius 3 is 2.55 bits per heavy atom. The number of hydrogen-bond acceptors (Lipinski definition) is 3. The molecule has 0 aromatic carbocycles. The van der Waals surface area contributed by atoms with Crippen molar-refractivity contribution in [1.29, 1.82) is 0 Å². The second-order valence-corrected chi connectivity index (χ2v) is 9.10. The molecule has 2 fully saturated rings. The maximum atomic E-state index is 14.7. The van der Waals surface area contributed by atoms with Gasteiger partial charge in [0.05, 0.1) is 10.9 Å². The zero-order chi connectivity index (χ0) is 22.6. The fraction of sp³-hybridized carbons (Fsp3) is 0.591. The second-order valence-electron chi connectivity index (χ2n) is 9.10. The number of halogens is 4. The van der Waals surface area contributed by atoms with Crippen LogP contribution in [0.2, 0.25) is 0 Å². The first-order chi connectivity index (χ1) is 14.5. The topological polar surface area (TPSA) is 88.8 Å². The Morgan fingerprint density at radius 2 is 1.90 bits per heavy atom. The van der Waals surface area contributed by atoms with Crippen LogP contribution >= 0.6 is 0 Å². The highest BCUT2D eigenvalue weighted by atomic mass is 19.3. The first-order valence-corrected chi connectivity index (χ1v) is 10.6. The van der Waals surface area contributed by atoms with Crippen LogP contribution in [0.25, 0.3) is 10.9 Å². The standard InChI is InChI=1S/C22H25F4N3O2/c1-11-8-13(12-2-5-21(23,24)6-3-12)14(10-22(11,25)26)16-9-17(30)18-15(29-16)4-7-28-19(18)20(27)31/h4,7,9,11-14H,2-3,5-6,8,10H2,1H3,(H2,27,31)(H,29,30)/t11-,13+,14-/m0/s1. The van der Waals surface area contributed by atoms with E-state index in [-0.39, 0.29) is 55.0 Å². The van der Waals surface area contributed by atoms with Crippen LogP contribution in [0.1, 0.15) is 67.5 Å². The highest BCUT2D eigenvalue weighted by Gasteiger charge is 2.50. The van der Waals surface area contributed by atoms with E-state index < -0.39 is 41.4 Å². The van der Waals surface area contributed by atoms with Gasteiger partial charge in [-0.2, -0.15) is 0 Å². The van der Waals surface area contributed by atoms with Gasteiger partial charge in [0, 0.05) is 49.1 Å². The average Bonchev–Trinajstić information content (AvgIpc) is 2.69. The van der Waals surface area contributed by atoms with Crippen LogP contribution in [0.4, 0.5) is 17.6 Å². The lowest BCUT2D eigenvalue weighted by Crippen LogP contribution is -2.42. The number of amides is 1. The predicted molar refractivity (Wildman–Crippen MR) is 107 cm³/mol. The highest BCUT2D eigenvalue weighted by Crippen LogP contribution is 2.53. The summed E-state index contributed by atoms with van der Waals surface area (Å²) in [5.41, 5.74) is 5.23. The molecule has 4 rings (SSSR count). The minimum atomic E-state index is -2.93. The monoisotopic (exact) mass is 439 g/mol. The number of carbonyl (C=O) groups is 1. The minimum absolute atomic E-state index is 0.0172. The maximum Gasteiger partial charge on any atom is 0.268 e. The number of hydrogen-bond donors (Lipinski definition) is 2. The van der Waals surface area contributed by atoms with Crippen molar-refractivity contribution in [2.75, 3.05) is 0 Å². The maximum absolute atomic E-state index is 14.7. The fourth-order valence-corrected chi connectivity index (χ4v) is 5.35. The van der Waals surface area contributed by atoms with Gasteiger partial charge in [0.2, 0.25) is 5.92 Å². The van der Waals surface area contributed by atoms with Crippen LogP contribution in [0, 0.1) is 17.8 Å². The minimum Gasteiger partial charge on any atom is -0.364 e. The van der Waals surface area contributed by atoms with Gasteiger partial charge in [0.25, 0.3) is 11.8 Å². The van der Waals surface area contributed by atoms with Crippen LogP contribution in [-0.4, -0.2) is 27.7 Å². The largest absolute Gasteiger partial charge is 0.364 e. The Labute approximate surface area is 176 Å². The fourth-order valence-electron chi connectivity index (χ4n) is 5.35. The SMILES string of the molecule is C[C@H]1C[C@H](C2CCC(F)(F)CC2)[C@@H](c2cc(=O)c3c(C(N)=O)nccc3[nH]2)CC1(F)F. The molecule has 2 heterocycles. The molecule has 2 aromatic rings. The van der Waals surface area contributed by atoms with E-state index in [0.717, 1.165) is 0 Å². The van der Waals surface area contributed by atoms with Crippen molar-refractivity contribution < 1.29 is 22.4 Å². The van der Waals surface area contributed by atoms with Crippen molar-refractivity contribution in [2.24, 2.45) is 23.5 Å². The molecule has 0 saturated heterocycles. The molecular weight excluding hydrogens is 414 g/mol. The molecule has 0 radical (unpaired) electrons. The molecule has 2 aromatic heterocycles. The van der Waals surface area contributed by atoms with E-state index in [1.807, 2.05) is 0 Å². The van der Waals surface area contributed by atoms with E-state index in [4.69, 9.17) is 5.73 Å². The summed E-state index contributed by atoms with van der Waals surface area (Å²) in [6, 6.07) is 2.73. The lowest BCUT2D eigenvalue weighted by Gasteiger charge is -2.45.